The number of aromatic amines is 1. The Morgan fingerprint density at radius 3 is 2.62 bits per heavy atom. The summed E-state index contributed by atoms with van der Waals surface area (Å²) in [5.74, 6) is -0.919. The van der Waals surface area contributed by atoms with Crippen molar-refractivity contribution in [1.29, 1.82) is 0 Å². The van der Waals surface area contributed by atoms with Crippen molar-refractivity contribution in [3.63, 3.8) is 0 Å². The second-order valence-corrected chi connectivity index (χ2v) is 5.77. The van der Waals surface area contributed by atoms with Gasteiger partial charge in [-0.1, -0.05) is 6.07 Å². The Bertz CT molecular complexity index is 925. The van der Waals surface area contributed by atoms with E-state index >= 15 is 0 Å². The third kappa shape index (κ3) is 2.80. The molecule has 6 nitrogen and oxygen atoms in total. The molecule has 124 valence electrons. The molecule has 0 saturated heterocycles. The molecular formula is C17H18FN5O. The number of hydrogen-bond donors (Lipinski definition) is 2. The number of halogens is 1. The summed E-state index contributed by atoms with van der Waals surface area (Å²) in [6.45, 7) is 5.61. The van der Waals surface area contributed by atoms with Gasteiger partial charge < -0.3 is 5.32 Å². The molecule has 3 rings (SSSR count). The maximum absolute atomic E-state index is 13.9. The van der Waals surface area contributed by atoms with Gasteiger partial charge in [-0.25, -0.2) is 4.39 Å². The molecule has 0 bridgehead atoms. The predicted molar refractivity (Wildman–Crippen MR) is 89.4 cm³/mol. The molecule has 3 aromatic rings. The smallest absolute Gasteiger partial charge is 0.273 e. The fourth-order valence-corrected chi connectivity index (χ4v) is 2.62. The van der Waals surface area contributed by atoms with Gasteiger partial charge in [0.15, 0.2) is 0 Å². The van der Waals surface area contributed by atoms with Gasteiger partial charge in [0, 0.05) is 18.3 Å². The van der Waals surface area contributed by atoms with E-state index in [1.165, 1.54) is 12.1 Å². The fraction of sp³-hybridized carbons (Fsp3) is 0.235. The van der Waals surface area contributed by atoms with E-state index in [4.69, 9.17) is 0 Å². The fourth-order valence-electron chi connectivity index (χ4n) is 2.62. The van der Waals surface area contributed by atoms with Crippen LogP contribution in [0.1, 0.15) is 27.4 Å². The number of nitrogens with zero attached hydrogens (tertiary/aromatic N) is 3. The zero-order valence-electron chi connectivity index (χ0n) is 13.9. The Morgan fingerprint density at radius 1 is 1.25 bits per heavy atom. The number of carbonyl (C=O) groups is 1. The van der Waals surface area contributed by atoms with E-state index in [0.717, 1.165) is 22.5 Å². The van der Waals surface area contributed by atoms with Crippen LogP contribution in [0.2, 0.25) is 0 Å². The minimum atomic E-state index is -0.470. The molecule has 0 aliphatic carbocycles. The van der Waals surface area contributed by atoms with Crippen LogP contribution in [0.25, 0.3) is 11.3 Å². The monoisotopic (exact) mass is 327 g/mol. The van der Waals surface area contributed by atoms with Crippen LogP contribution in [-0.2, 0) is 7.05 Å². The second kappa shape index (κ2) is 5.92. The molecule has 1 aromatic carbocycles. The first-order valence-electron chi connectivity index (χ1n) is 7.50. The topological polar surface area (TPSA) is 75.6 Å². The van der Waals surface area contributed by atoms with Gasteiger partial charge in [0.25, 0.3) is 5.91 Å². The highest BCUT2D eigenvalue weighted by Gasteiger charge is 2.17. The first-order valence-corrected chi connectivity index (χ1v) is 7.50. The van der Waals surface area contributed by atoms with Crippen molar-refractivity contribution in [2.24, 2.45) is 7.05 Å². The average Bonchev–Trinajstić information content (AvgIpc) is 3.08. The van der Waals surface area contributed by atoms with Crippen molar-refractivity contribution < 1.29 is 9.18 Å². The highest BCUT2D eigenvalue weighted by Crippen LogP contribution is 2.25. The first kappa shape index (κ1) is 15.9. The number of nitrogens with one attached hydrogen (secondary N) is 2. The van der Waals surface area contributed by atoms with Gasteiger partial charge in [-0.15, -0.1) is 0 Å². The summed E-state index contributed by atoms with van der Waals surface area (Å²) in [7, 11) is 1.85. The lowest BCUT2D eigenvalue weighted by Crippen LogP contribution is -2.13. The molecule has 0 aliphatic heterocycles. The van der Waals surface area contributed by atoms with Crippen molar-refractivity contribution >= 4 is 11.6 Å². The number of hydrogen-bond acceptors (Lipinski definition) is 3. The molecule has 0 unspecified atom stereocenters. The van der Waals surface area contributed by atoms with Crippen LogP contribution in [0.3, 0.4) is 0 Å². The van der Waals surface area contributed by atoms with Gasteiger partial charge in [0.2, 0.25) is 0 Å². The van der Waals surface area contributed by atoms with Gasteiger partial charge in [-0.3, -0.25) is 14.6 Å². The molecule has 0 saturated carbocycles. The zero-order chi connectivity index (χ0) is 17.4. The van der Waals surface area contributed by atoms with Crippen molar-refractivity contribution in [3.05, 3.63) is 52.7 Å². The highest BCUT2D eigenvalue weighted by atomic mass is 19.1. The maximum Gasteiger partial charge on any atom is 0.273 e. The van der Waals surface area contributed by atoms with Gasteiger partial charge >= 0.3 is 0 Å². The largest absolute Gasteiger partial charge is 0.318 e. The van der Waals surface area contributed by atoms with E-state index < -0.39 is 11.7 Å². The van der Waals surface area contributed by atoms with Gasteiger partial charge in [-0.2, -0.15) is 10.2 Å². The first-order chi connectivity index (χ1) is 11.4. The number of H-pyrrole nitrogens is 1. The van der Waals surface area contributed by atoms with E-state index in [-0.39, 0.29) is 11.4 Å². The molecule has 2 N–H and O–H groups in total. The second-order valence-electron chi connectivity index (χ2n) is 5.77. The molecule has 0 radical (unpaired) electrons. The number of carbonyl (C=O) groups excluding carboxylic acids is 1. The number of amides is 1. The molecule has 0 spiro atoms. The van der Waals surface area contributed by atoms with Crippen LogP contribution in [-0.4, -0.2) is 25.9 Å². The third-order valence-corrected chi connectivity index (χ3v) is 3.96. The van der Waals surface area contributed by atoms with Crippen LogP contribution in [0.4, 0.5) is 10.1 Å². The maximum atomic E-state index is 13.9. The van der Waals surface area contributed by atoms with E-state index in [2.05, 4.69) is 20.6 Å². The Hall–Kier alpha value is -2.96. The molecule has 0 aliphatic rings. The van der Waals surface area contributed by atoms with Crippen LogP contribution in [0.5, 0.6) is 0 Å². The molecule has 7 heteroatoms. The lowest BCUT2D eigenvalue weighted by molar-refractivity contribution is 0.102. The Kier molecular flexibility index (Phi) is 3.92. The van der Waals surface area contributed by atoms with Crippen molar-refractivity contribution in [1.82, 2.24) is 20.0 Å². The number of benzene rings is 1. The van der Waals surface area contributed by atoms with Crippen LogP contribution >= 0.6 is 0 Å². The lowest BCUT2D eigenvalue weighted by atomic mass is 10.1. The molecule has 1 amide bonds. The summed E-state index contributed by atoms with van der Waals surface area (Å²) in [6, 6.07) is 6.28. The summed E-state index contributed by atoms with van der Waals surface area (Å²) in [6.07, 6.45) is 0. The predicted octanol–water partition coefficient (Wildman–Crippen LogP) is 3.13. The zero-order valence-corrected chi connectivity index (χ0v) is 13.9. The third-order valence-electron chi connectivity index (χ3n) is 3.96. The van der Waals surface area contributed by atoms with E-state index in [1.807, 2.05) is 20.9 Å². The van der Waals surface area contributed by atoms with Gasteiger partial charge in [-0.05, 0) is 44.5 Å². The molecule has 0 atom stereocenters. The van der Waals surface area contributed by atoms with Crippen LogP contribution in [0, 0.1) is 26.6 Å². The van der Waals surface area contributed by atoms with Crippen molar-refractivity contribution in [2.45, 2.75) is 20.8 Å². The summed E-state index contributed by atoms with van der Waals surface area (Å²) in [4.78, 5) is 12.3. The minimum Gasteiger partial charge on any atom is -0.318 e. The van der Waals surface area contributed by atoms with Crippen LogP contribution in [0.15, 0.2) is 24.3 Å². The van der Waals surface area contributed by atoms with E-state index in [1.54, 1.807) is 23.7 Å². The Balaban J connectivity index is 1.86. The Morgan fingerprint density at radius 2 is 2.00 bits per heavy atom. The van der Waals surface area contributed by atoms with Crippen LogP contribution < -0.4 is 5.32 Å². The molecule has 2 aromatic heterocycles. The standard InChI is InChI=1S/C17H18FN5O/c1-9-5-6-13(12(18)7-9)19-17(24)15-8-14(20-21-15)16-10(2)22-23(4)11(16)3/h5-8H,1-4H3,(H,19,24)(H,20,21). The van der Waals surface area contributed by atoms with E-state index in [0.29, 0.717) is 5.69 Å². The number of anilines is 1. The molecule has 24 heavy (non-hydrogen) atoms. The van der Waals surface area contributed by atoms with Gasteiger partial charge in [0.05, 0.1) is 17.1 Å². The highest BCUT2D eigenvalue weighted by molar-refractivity contribution is 6.03. The van der Waals surface area contributed by atoms with Crippen molar-refractivity contribution in [2.75, 3.05) is 5.32 Å². The van der Waals surface area contributed by atoms with Gasteiger partial charge in [0.1, 0.15) is 11.5 Å². The quantitative estimate of drug-likeness (QED) is 0.776. The number of rotatable bonds is 3. The summed E-state index contributed by atoms with van der Waals surface area (Å²) >= 11 is 0. The normalized spacial score (nSPS) is 10.9. The summed E-state index contributed by atoms with van der Waals surface area (Å²) < 4.78 is 15.6. The Labute approximate surface area is 138 Å². The summed E-state index contributed by atoms with van der Waals surface area (Å²) in [5.41, 5.74) is 4.48. The number of aromatic nitrogens is 4. The average molecular weight is 327 g/mol. The number of aryl methyl sites for hydroxylation is 3. The SMILES string of the molecule is Cc1ccc(NC(=O)c2cc(-c3c(C)nn(C)c3C)n[nH]2)c(F)c1. The minimum absolute atomic E-state index is 0.135. The van der Waals surface area contributed by atoms with Crippen molar-refractivity contribution in [3.8, 4) is 11.3 Å². The molecule has 0 fully saturated rings. The molecule has 2 heterocycles. The lowest BCUT2D eigenvalue weighted by Gasteiger charge is -2.05. The molecular weight excluding hydrogens is 309 g/mol. The summed E-state index contributed by atoms with van der Waals surface area (Å²) in [5, 5.41) is 13.8. The van der Waals surface area contributed by atoms with E-state index in [9.17, 15) is 9.18 Å².